The molecule has 1 aromatic rings. The van der Waals surface area contributed by atoms with E-state index >= 15 is 0 Å². The van der Waals surface area contributed by atoms with Crippen LogP contribution < -0.4 is 5.11 Å². The van der Waals surface area contributed by atoms with Gasteiger partial charge >= 0.3 is 5.97 Å². The molecule has 0 bridgehead atoms. The Morgan fingerprint density at radius 1 is 1.41 bits per heavy atom. The van der Waals surface area contributed by atoms with Crippen molar-refractivity contribution in [2.24, 2.45) is 0 Å². The molecular formula is C12H13O4S-. The first kappa shape index (κ1) is 13.6. The Hall–Kier alpha value is -1.49. The maximum Gasteiger partial charge on any atom is 0.316 e. The predicted octanol–water partition coefficient (Wildman–Crippen LogP) is 0.758. The van der Waals surface area contributed by atoms with Crippen molar-refractivity contribution < 1.29 is 19.4 Å². The number of hydrogen-bond acceptors (Lipinski definition) is 5. The summed E-state index contributed by atoms with van der Waals surface area (Å²) >= 11 is 3.81. The molecule has 17 heavy (non-hydrogen) atoms. The van der Waals surface area contributed by atoms with Crippen molar-refractivity contribution in [2.45, 2.75) is 19.4 Å². The molecule has 4 nitrogen and oxygen atoms in total. The molecule has 0 N–H and O–H groups in total. The first-order valence-corrected chi connectivity index (χ1v) is 5.64. The zero-order valence-corrected chi connectivity index (χ0v) is 10.5. The highest BCUT2D eigenvalue weighted by Crippen LogP contribution is 2.25. The summed E-state index contributed by atoms with van der Waals surface area (Å²) in [6.07, 6.45) is 0. The van der Waals surface area contributed by atoms with Crippen molar-refractivity contribution in [3.05, 3.63) is 35.4 Å². The Morgan fingerprint density at radius 2 is 2.06 bits per heavy atom. The quantitative estimate of drug-likeness (QED) is 0.635. The smallest absolute Gasteiger partial charge is 0.316 e. The van der Waals surface area contributed by atoms with Gasteiger partial charge in [0.05, 0.1) is 11.7 Å². The van der Waals surface area contributed by atoms with Crippen LogP contribution in [0.3, 0.4) is 0 Å². The van der Waals surface area contributed by atoms with Gasteiger partial charge in [-0.3, -0.25) is 4.79 Å². The average Bonchev–Trinajstić information content (AvgIpc) is 2.28. The first-order chi connectivity index (χ1) is 7.86. The molecule has 0 atom stereocenters. The molecule has 0 radical (unpaired) electrons. The molecule has 0 unspecified atom stereocenters. The van der Waals surface area contributed by atoms with Crippen LogP contribution in [0.1, 0.15) is 29.8 Å². The Kier molecular flexibility index (Phi) is 4.17. The lowest BCUT2D eigenvalue weighted by molar-refractivity contribution is -0.255. The number of thiol groups is 1. The van der Waals surface area contributed by atoms with Gasteiger partial charge in [-0.2, -0.15) is 12.6 Å². The number of ether oxygens (including phenoxy) is 1. The Bertz CT molecular complexity index is 440. The lowest BCUT2D eigenvalue weighted by Crippen LogP contribution is -2.27. The van der Waals surface area contributed by atoms with Gasteiger partial charge in [-0.15, -0.1) is 0 Å². The second-order valence-corrected chi connectivity index (χ2v) is 4.33. The van der Waals surface area contributed by atoms with Crippen LogP contribution in [0.4, 0.5) is 0 Å². The largest absolute Gasteiger partial charge is 0.545 e. The number of carboxylic acid groups (broad SMARTS) is 1. The van der Waals surface area contributed by atoms with E-state index in [0.29, 0.717) is 5.56 Å². The zero-order valence-electron chi connectivity index (χ0n) is 9.60. The number of benzene rings is 1. The summed E-state index contributed by atoms with van der Waals surface area (Å²) in [5.74, 6) is -1.75. The summed E-state index contributed by atoms with van der Waals surface area (Å²) in [5, 5.41) is 10.7. The number of rotatable bonds is 4. The molecule has 1 aromatic carbocycles. The molecule has 0 spiro atoms. The summed E-state index contributed by atoms with van der Waals surface area (Å²) in [6.45, 7) is 3.37. The summed E-state index contributed by atoms with van der Waals surface area (Å²) in [4.78, 5) is 21.9. The Labute approximate surface area is 105 Å². The first-order valence-electron chi connectivity index (χ1n) is 5.01. The molecule has 1 rings (SSSR count). The minimum atomic E-state index is -1.26. The standard InChI is InChI=1S/C12H14O4S/c1-12(2,16-10(13)7-17)9-5-3-4-8(6-9)11(14)15/h3-6,17H,7H2,1-2H3,(H,14,15)/p-1. The van der Waals surface area contributed by atoms with Gasteiger partial charge < -0.3 is 14.6 Å². The maximum atomic E-state index is 11.2. The van der Waals surface area contributed by atoms with E-state index in [0.717, 1.165) is 0 Å². The fourth-order valence-electron chi connectivity index (χ4n) is 1.40. The number of hydrogen-bond donors (Lipinski definition) is 1. The van der Waals surface area contributed by atoms with E-state index in [1.165, 1.54) is 12.1 Å². The minimum absolute atomic E-state index is 0.0242. The second-order valence-electron chi connectivity index (χ2n) is 4.01. The van der Waals surface area contributed by atoms with E-state index in [4.69, 9.17) is 4.74 Å². The Balaban J connectivity index is 3.01. The summed E-state index contributed by atoms with van der Waals surface area (Å²) in [6, 6.07) is 6.13. The molecule has 0 amide bonds. The van der Waals surface area contributed by atoms with E-state index in [1.807, 2.05) is 0 Å². The van der Waals surface area contributed by atoms with Gasteiger partial charge in [-0.1, -0.05) is 18.2 Å². The summed E-state index contributed by atoms with van der Waals surface area (Å²) in [5.41, 5.74) is -0.252. The van der Waals surface area contributed by atoms with Gasteiger partial charge in [0, 0.05) is 0 Å². The Morgan fingerprint density at radius 3 is 2.59 bits per heavy atom. The van der Waals surface area contributed by atoms with Gasteiger partial charge in [-0.25, -0.2) is 0 Å². The monoisotopic (exact) mass is 253 g/mol. The van der Waals surface area contributed by atoms with Gasteiger partial charge in [0.25, 0.3) is 0 Å². The van der Waals surface area contributed by atoms with Gasteiger partial charge in [0.15, 0.2) is 0 Å². The summed E-state index contributed by atoms with van der Waals surface area (Å²) in [7, 11) is 0. The topological polar surface area (TPSA) is 66.4 Å². The van der Waals surface area contributed by atoms with Crippen molar-refractivity contribution in [1.29, 1.82) is 0 Å². The van der Waals surface area contributed by atoms with E-state index in [-0.39, 0.29) is 11.3 Å². The highest BCUT2D eigenvalue weighted by atomic mass is 32.1. The van der Waals surface area contributed by atoms with Crippen molar-refractivity contribution in [2.75, 3.05) is 5.75 Å². The van der Waals surface area contributed by atoms with Crippen LogP contribution in [0.25, 0.3) is 0 Å². The van der Waals surface area contributed by atoms with Crippen LogP contribution in [0.15, 0.2) is 24.3 Å². The highest BCUT2D eigenvalue weighted by Gasteiger charge is 2.24. The molecule has 0 fully saturated rings. The lowest BCUT2D eigenvalue weighted by atomic mass is 9.96. The minimum Gasteiger partial charge on any atom is -0.545 e. The molecule has 0 saturated heterocycles. The molecule has 0 aliphatic carbocycles. The fourth-order valence-corrected chi connectivity index (χ4v) is 1.46. The van der Waals surface area contributed by atoms with Gasteiger partial charge in [0.2, 0.25) is 0 Å². The lowest BCUT2D eigenvalue weighted by Gasteiger charge is -2.26. The zero-order chi connectivity index (χ0) is 13.1. The average molecular weight is 253 g/mol. The van der Waals surface area contributed by atoms with Crippen LogP contribution in [0.5, 0.6) is 0 Å². The van der Waals surface area contributed by atoms with Crippen molar-refractivity contribution in [1.82, 2.24) is 0 Å². The van der Waals surface area contributed by atoms with Crippen LogP contribution in [0.2, 0.25) is 0 Å². The number of carboxylic acids is 1. The van der Waals surface area contributed by atoms with Crippen molar-refractivity contribution in [3.63, 3.8) is 0 Å². The van der Waals surface area contributed by atoms with Gasteiger partial charge in [0.1, 0.15) is 5.60 Å². The molecule has 92 valence electrons. The molecule has 5 heteroatoms. The number of aromatic carboxylic acids is 1. The SMILES string of the molecule is CC(C)(OC(=O)CS)c1cccc(C(=O)[O-])c1. The third-order valence-corrected chi connectivity index (χ3v) is 2.55. The van der Waals surface area contributed by atoms with Crippen molar-refractivity contribution >= 4 is 24.6 Å². The highest BCUT2D eigenvalue weighted by molar-refractivity contribution is 7.81. The summed E-state index contributed by atoms with van der Waals surface area (Å²) < 4.78 is 5.18. The number of carbonyl (C=O) groups is 2. The predicted molar refractivity (Wildman–Crippen MR) is 63.7 cm³/mol. The molecular weight excluding hydrogens is 240 g/mol. The van der Waals surface area contributed by atoms with Crippen LogP contribution in [0, 0.1) is 0 Å². The normalized spacial score (nSPS) is 11.0. The van der Waals surface area contributed by atoms with Crippen LogP contribution in [-0.4, -0.2) is 17.7 Å². The molecule has 0 saturated carbocycles. The maximum absolute atomic E-state index is 11.2. The molecule has 0 heterocycles. The number of carbonyl (C=O) groups excluding carboxylic acids is 2. The van der Waals surface area contributed by atoms with Crippen molar-refractivity contribution in [3.8, 4) is 0 Å². The van der Waals surface area contributed by atoms with Gasteiger partial charge in [-0.05, 0) is 31.0 Å². The number of esters is 1. The molecule has 0 aliphatic heterocycles. The second kappa shape index (κ2) is 5.23. The van der Waals surface area contributed by atoms with E-state index in [1.54, 1.807) is 26.0 Å². The van der Waals surface area contributed by atoms with Crippen LogP contribution in [-0.2, 0) is 15.1 Å². The third-order valence-electron chi connectivity index (χ3n) is 2.29. The van der Waals surface area contributed by atoms with E-state index in [2.05, 4.69) is 12.6 Å². The van der Waals surface area contributed by atoms with E-state index < -0.39 is 17.5 Å². The third kappa shape index (κ3) is 3.49. The molecule has 0 aliphatic rings. The van der Waals surface area contributed by atoms with Crippen LogP contribution >= 0.6 is 12.6 Å². The fraction of sp³-hybridized carbons (Fsp3) is 0.333. The van der Waals surface area contributed by atoms with E-state index in [9.17, 15) is 14.7 Å². The molecule has 0 aromatic heterocycles.